The van der Waals surface area contributed by atoms with Crippen LogP contribution < -0.4 is 16.4 Å². The maximum atomic E-state index is 11.7. The molecule has 0 aliphatic rings. The predicted molar refractivity (Wildman–Crippen MR) is 56.4 cm³/mol. The van der Waals surface area contributed by atoms with Crippen molar-refractivity contribution < 1.29 is 9.59 Å². The van der Waals surface area contributed by atoms with Crippen LogP contribution >= 0.6 is 0 Å². The van der Waals surface area contributed by atoms with Crippen molar-refractivity contribution in [3.8, 4) is 0 Å². The monoisotopic (exact) mass is 226 g/mol. The molecule has 1 rings (SSSR count). The Labute approximate surface area is 92.0 Å². The Bertz CT molecular complexity index is 361. The quantitative estimate of drug-likeness (QED) is 0.548. The molecule has 1 aromatic rings. The summed E-state index contributed by atoms with van der Waals surface area (Å²) in [5.41, 5.74) is 4.98. The van der Waals surface area contributed by atoms with Crippen molar-refractivity contribution >= 4 is 17.9 Å². The summed E-state index contributed by atoms with van der Waals surface area (Å²) >= 11 is 0. The molecule has 0 bridgehead atoms. The van der Waals surface area contributed by atoms with E-state index in [0.717, 1.165) is 0 Å². The highest BCUT2D eigenvalue weighted by Gasteiger charge is 2.23. The summed E-state index contributed by atoms with van der Waals surface area (Å²) < 4.78 is 0. The van der Waals surface area contributed by atoms with Gasteiger partial charge in [0, 0.05) is 0 Å². The Morgan fingerprint density at radius 1 is 1.50 bits per heavy atom. The Kier molecular flexibility index (Phi) is 3.81. The van der Waals surface area contributed by atoms with E-state index in [0.29, 0.717) is 0 Å². The van der Waals surface area contributed by atoms with Crippen LogP contribution in [0, 0.1) is 5.92 Å². The number of aromatic amines is 1. The number of nitrogens with zero attached hydrogens (tertiary/aromatic N) is 2. The fraction of sp³-hybridized carbons (Fsp3) is 0.500. The number of urea groups is 1. The number of H-pyrrole nitrogens is 1. The molecular formula is C8H14N6O2. The second-order valence-corrected chi connectivity index (χ2v) is 3.55. The van der Waals surface area contributed by atoms with Gasteiger partial charge in [-0.3, -0.25) is 10.1 Å². The van der Waals surface area contributed by atoms with Gasteiger partial charge in [0.15, 0.2) is 0 Å². The van der Waals surface area contributed by atoms with Gasteiger partial charge in [-0.15, -0.1) is 0 Å². The third-order valence-corrected chi connectivity index (χ3v) is 1.90. The summed E-state index contributed by atoms with van der Waals surface area (Å²) in [6.07, 6.45) is 1.27. The van der Waals surface area contributed by atoms with Gasteiger partial charge in [0.05, 0.1) is 0 Å². The van der Waals surface area contributed by atoms with Crippen molar-refractivity contribution in [2.24, 2.45) is 11.7 Å². The van der Waals surface area contributed by atoms with Crippen molar-refractivity contribution in [1.29, 1.82) is 0 Å². The van der Waals surface area contributed by atoms with Crippen LogP contribution in [0.2, 0.25) is 0 Å². The van der Waals surface area contributed by atoms with Crippen LogP contribution in [0.5, 0.6) is 0 Å². The van der Waals surface area contributed by atoms with Gasteiger partial charge in [0.1, 0.15) is 12.4 Å². The molecule has 8 heteroatoms. The summed E-state index contributed by atoms with van der Waals surface area (Å²) in [7, 11) is 0. The van der Waals surface area contributed by atoms with E-state index in [9.17, 15) is 9.59 Å². The van der Waals surface area contributed by atoms with Crippen LogP contribution in [0.1, 0.15) is 13.8 Å². The third-order valence-electron chi connectivity index (χ3n) is 1.90. The first-order valence-electron chi connectivity index (χ1n) is 4.73. The van der Waals surface area contributed by atoms with E-state index < -0.39 is 18.0 Å². The van der Waals surface area contributed by atoms with Gasteiger partial charge in [0.25, 0.3) is 0 Å². The number of anilines is 1. The van der Waals surface area contributed by atoms with Crippen molar-refractivity contribution in [1.82, 2.24) is 20.5 Å². The van der Waals surface area contributed by atoms with E-state index in [1.54, 1.807) is 13.8 Å². The van der Waals surface area contributed by atoms with Crippen LogP contribution in [-0.4, -0.2) is 33.2 Å². The molecule has 1 heterocycles. The van der Waals surface area contributed by atoms with E-state index in [-0.39, 0.29) is 11.9 Å². The third kappa shape index (κ3) is 3.23. The number of nitrogens with one attached hydrogen (secondary N) is 3. The lowest BCUT2D eigenvalue weighted by Gasteiger charge is -2.19. The van der Waals surface area contributed by atoms with Crippen LogP contribution in [0.4, 0.5) is 10.7 Å². The van der Waals surface area contributed by atoms with E-state index in [2.05, 4.69) is 25.8 Å². The Balaban J connectivity index is 2.64. The summed E-state index contributed by atoms with van der Waals surface area (Å²) in [5, 5.41) is 10.9. The fourth-order valence-electron chi connectivity index (χ4n) is 1.15. The zero-order valence-corrected chi connectivity index (χ0v) is 9.02. The van der Waals surface area contributed by atoms with E-state index in [1.807, 2.05) is 0 Å². The molecule has 1 atom stereocenters. The van der Waals surface area contributed by atoms with Gasteiger partial charge in [-0.05, 0) is 5.92 Å². The minimum Gasteiger partial charge on any atom is -0.352 e. The maximum absolute atomic E-state index is 11.7. The molecule has 1 aromatic heterocycles. The normalized spacial score (nSPS) is 12.2. The number of rotatable bonds is 4. The molecule has 0 aliphatic carbocycles. The largest absolute Gasteiger partial charge is 0.352 e. The number of primary amides is 1. The average molecular weight is 226 g/mol. The van der Waals surface area contributed by atoms with Gasteiger partial charge in [-0.25, -0.2) is 9.89 Å². The molecule has 8 nitrogen and oxygen atoms in total. The second-order valence-electron chi connectivity index (χ2n) is 3.55. The molecule has 1 unspecified atom stereocenters. The molecule has 0 aliphatic heterocycles. The molecule has 3 amide bonds. The van der Waals surface area contributed by atoms with Crippen molar-refractivity contribution in [2.75, 3.05) is 5.32 Å². The molecule has 16 heavy (non-hydrogen) atoms. The lowest BCUT2D eigenvalue weighted by Crippen LogP contribution is -2.49. The molecule has 0 radical (unpaired) electrons. The first-order valence-corrected chi connectivity index (χ1v) is 4.73. The van der Waals surface area contributed by atoms with Gasteiger partial charge < -0.3 is 11.1 Å². The van der Waals surface area contributed by atoms with Crippen LogP contribution in [0.15, 0.2) is 6.33 Å². The standard InChI is InChI=1S/C8H14N6O2/c1-4(2)5(12-7(9)16)6(15)13-8-10-3-11-14-8/h3-5H,1-2H3,(H3,9,12,16)(H2,10,11,13,14,15). The lowest BCUT2D eigenvalue weighted by molar-refractivity contribution is -0.118. The summed E-state index contributed by atoms with van der Waals surface area (Å²) in [6, 6.07) is -1.45. The van der Waals surface area contributed by atoms with E-state index in [4.69, 9.17) is 5.73 Å². The lowest BCUT2D eigenvalue weighted by atomic mass is 10.0. The molecule has 0 saturated carbocycles. The molecule has 0 fully saturated rings. The molecule has 0 saturated heterocycles. The van der Waals surface area contributed by atoms with Gasteiger partial charge in [-0.1, -0.05) is 13.8 Å². The molecule has 0 aromatic carbocycles. The summed E-state index contributed by atoms with van der Waals surface area (Å²) in [4.78, 5) is 26.2. The summed E-state index contributed by atoms with van der Waals surface area (Å²) in [6.45, 7) is 3.58. The number of nitrogens with two attached hydrogens (primary N) is 1. The Hall–Kier alpha value is -2.12. The zero-order valence-electron chi connectivity index (χ0n) is 9.02. The van der Waals surface area contributed by atoms with Gasteiger partial charge >= 0.3 is 6.03 Å². The minimum absolute atomic E-state index is 0.0876. The molecule has 88 valence electrons. The zero-order chi connectivity index (χ0) is 12.1. The molecule has 5 N–H and O–H groups in total. The van der Waals surface area contributed by atoms with Gasteiger partial charge in [0.2, 0.25) is 11.9 Å². The van der Waals surface area contributed by atoms with Crippen LogP contribution in [0.25, 0.3) is 0 Å². The van der Waals surface area contributed by atoms with Crippen LogP contribution in [0.3, 0.4) is 0 Å². The highest BCUT2D eigenvalue weighted by atomic mass is 16.2. The first-order chi connectivity index (χ1) is 7.50. The highest BCUT2D eigenvalue weighted by molar-refractivity contribution is 5.95. The number of carbonyl (C=O) groups excluding carboxylic acids is 2. The Morgan fingerprint density at radius 2 is 2.19 bits per heavy atom. The number of hydrogen-bond donors (Lipinski definition) is 4. The molecule has 0 spiro atoms. The smallest absolute Gasteiger partial charge is 0.312 e. The minimum atomic E-state index is -0.744. The maximum Gasteiger partial charge on any atom is 0.312 e. The first kappa shape index (κ1) is 12.0. The topological polar surface area (TPSA) is 126 Å². The van der Waals surface area contributed by atoms with E-state index >= 15 is 0 Å². The van der Waals surface area contributed by atoms with Crippen molar-refractivity contribution in [3.05, 3.63) is 6.33 Å². The SMILES string of the molecule is CC(C)C(NC(N)=O)C(=O)Nc1ncn[nH]1. The molecular weight excluding hydrogens is 212 g/mol. The number of aromatic nitrogens is 3. The number of carbonyl (C=O) groups is 2. The van der Waals surface area contributed by atoms with Crippen molar-refractivity contribution in [2.45, 2.75) is 19.9 Å². The highest BCUT2D eigenvalue weighted by Crippen LogP contribution is 2.04. The Morgan fingerprint density at radius 3 is 2.62 bits per heavy atom. The van der Waals surface area contributed by atoms with Crippen molar-refractivity contribution in [3.63, 3.8) is 0 Å². The van der Waals surface area contributed by atoms with E-state index in [1.165, 1.54) is 6.33 Å². The summed E-state index contributed by atoms with van der Waals surface area (Å²) in [5.74, 6) is -0.261. The second kappa shape index (κ2) is 5.10. The van der Waals surface area contributed by atoms with Gasteiger partial charge in [-0.2, -0.15) is 10.1 Å². The average Bonchev–Trinajstić information content (AvgIpc) is 2.65. The predicted octanol–water partition coefficient (Wildman–Crippen LogP) is -0.564. The van der Waals surface area contributed by atoms with Crippen LogP contribution in [-0.2, 0) is 4.79 Å². The fourth-order valence-corrected chi connectivity index (χ4v) is 1.15. The number of hydrogen-bond acceptors (Lipinski definition) is 4. The number of amides is 3.